The summed E-state index contributed by atoms with van der Waals surface area (Å²) in [6, 6.07) is 9.04. The van der Waals surface area contributed by atoms with Gasteiger partial charge >= 0.3 is 0 Å². The molecular formula is C13H9BrClFN2O. The highest BCUT2D eigenvalue weighted by atomic mass is 79.9. The van der Waals surface area contributed by atoms with Gasteiger partial charge in [0, 0.05) is 4.47 Å². The van der Waals surface area contributed by atoms with Gasteiger partial charge in [-0.05, 0) is 30.3 Å². The van der Waals surface area contributed by atoms with Gasteiger partial charge in [0.2, 0.25) is 0 Å². The molecule has 0 fully saturated rings. The van der Waals surface area contributed by atoms with E-state index >= 15 is 0 Å². The summed E-state index contributed by atoms with van der Waals surface area (Å²) in [4.78, 5) is 12.0. The van der Waals surface area contributed by atoms with E-state index in [1.54, 1.807) is 18.2 Å². The molecule has 0 radical (unpaired) electrons. The molecule has 0 aromatic heterocycles. The number of rotatable bonds is 2. The van der Waals surface area contributed by atoms with Crippen molar-refractivity contribution in [2.24, 2.45) is 0 Å². The van der Waals surface area contributed by atoms with Gasteiger partial charge in [0.15, 0.2) is 0 Å². The van der Waals surface area contributed by atoms with E-state index in [4.69, 9.17) is 17.3 Å². The molecule has 3 nitrogen and oxygen atoms in total. The summed E-state index contributed by atoms with van der Waals surface area (Å²) < 4.78 is 14.2. The van der Waals surface area contributed by atoms with Crippen molar-refractivity contribution in [1.29, 1.82) is 0 Å². The van der Waals surface area contributed by atoms with Crippen LogP contribution in [0.3, 0.4) is 0 Å². The molecule has 0 saturated carbocycles. The lowest BCUT2D eigenvalue weighted by Crippen LogP contribution is -2.15. The number of nitrogens with two attached hydrogens (primary N) is 1. The fourth-order valence-corrected chi connectivity index (χ4v) is 2.02. The van der Waals surface area contributed by atoms with Crippen molar-refractivity contribution in [2.75, 3.05) is 11.1 Å². The number of para-hydroxylation sites is 1. The lowest BCUT2D eigenvalue weighted by atomic mass is 10.1. The molecular weight excluding hydrogens is 335 g/mol. The Kier molecular flexibility index (Phi) is 4.07. The van der Waals surface area contributed by atoms with Crippen LogP contribution in [0.4, 0.5) is 15.8 Å². The second-order valence-electron chi connectivity index (χ2n) is 3.78. The van der Waals surface area contributed by atoms with Gasteiger partial charge in [-0.1, -0.05) is 33.6 Å². The fraction of sp³-hybridized carbons (Fsp3) is 0. The zero-order valence-electron chi connectivity index (χ0n) is 9.58. The Morgan fingerprint density at radius 1 is 1.32 bits per heavy atom. The molecule has 98 valence electrons. The van der Waals surface area contributed by atoms with Gasteiger partial charge in [-0.3, -0.25) is 4.79 Å². The Morgan fingerprint density at radius 2 is 2.05 bits per heavy atom. The molecule has 3 N–H and O–H groups in total. The van der Waals surface area contributed by atoms with Crippen LogP contribution < -0.4 is 11.1 Å². The zero-order chi connectivity index (χ0) is 14.0. The van der Waals surface area contributed by atoms with E-state index in [9.17, 15) is 9.18 Å². The smallest absolute Gasteiger partial charge is 0.257 e. The van der Waals surface area contributed by atoms with Crippen molar-refractivity contribution in [3.8, 4) is 0 Å². The maximum absolute atomic E-state index is 13.6. The average molecular weight is 344 g/mol. The highest BCUT2D eigenvalue weighted by Gasteiger charge is 2.13. The lowest BCUT2D eigenvalue weighted by molar-refractivity contribution is 0.102. The third kappa shape index (κ3) is 3.05. The van der Waals surface area contributed by atoms with Crippen molar-refractivity contribution in [3.05, 3.63) is 57.3 Å². The van der Waals surface area contributed by atoms with Gasteiger partial charge in [-0.15, -0.1) is 0 Å². The minimum absolute atomic E-state index is 0.0765. The van der Waals surface area contributed by atoms with Crippen molar-refractivity contribution in [1.82, 2.24) is 0 Å². The minimum atomic E-state index is -0.539. The highest BCUT2D eigenvalue weighted by Crippen LogP contribution is 2.24. The van der Waals surface area contributed by atoms with Gasteiger partial charge in [0.1, 0.15) is 5.82 Å². The van der Waals surface area contributed by atoms with Crippen LogP contribution in [0.2, 0.25) is 5.02 Å². The lowest BCUT2D eigenvalue weighted by Gasteiger charge is -2.09. The topological polar surface area (TPSA) is 55.1 Å². The first kappa shape index (κ1) is 13.8. The molecule has 19 heavy (non-hydrogen) atoms. The third-order valence-corrected chi connectivity index (χ3v) is 3.30. The van der Waals surface area contributed by atoms with Crippen LogP contribution in [0.1, 0.15) is 10.4 Å². The van der Waals surface area contributed by atoms with Crippen molar-refractivity contribution < 1.29 is 9.18 Å². The molecule has 1 amide bonds. The molecule has 0 aliphatic rings. The summed E-state index contributed by atoms with van der Waals surface area (Å²) in [6.45, 7) is 0. The molecule has 2 aromatic carbocycles. The SMILES string of the molecule is Nc1c(Cl)cccc1C(=O)Nc1ccc(Br)cc1F. The van der Waals surface area contributed by atoms with Crippen LogP contribution in [0, 0.1) is 5.82 Å². The molecule has 0 aliphatic carbocycles. The zero-order valence-corrected chi connectivity index (χ0v) is 11.9. The molecule has 0 bridgehead atoms. The van der Waals surface area contributed by atoms with Gasteiger partial charge < -0.3 is 11.1 Å². The minimum Gasteiger partial charge on any atom is -0.397 e. The van der Waals surface area contributed by atoms with Crippen LogP contribution in [0.15, 0.2) is 40.9 Å². The molecule has 0 heterocycles. The first-order valence-electron chi connectivity index (χ1n) is 5.29. The Morgan fingerprint density at radius 3 is 2.74 bits per heavy atom. The number of hydrogen-bond donors (Lipinski definition) is 2. The van der Waals surface area contributed by atoms with E-state index < -0.39 is 11.7 Å². The number of anilines is 2. The molecule has 6 heteroatoms. The largest absolute Gasteiger partial charge is 0.397 e. The van der Waals surface area contributed by atoms with Crippen LogP contribution >= 0.6 is 27.5 Å². The van der Waals surface area contributed by atoms with Crippen LogP contribution in [0.5, 0.6) is 0 Å². The number of nitrogen functional groups attached to an aromatic ring is 1. The maximum Gasteiger partial charge on any atom is 0.257 e. The summed E-state index contributed by atoms with van der Waals surface area (Å²) in [5.74, 6) is -1.05. The number of hydrogen-bond acceptors (Lipinski definition) is 2. The summed E-state index contributed by atoms with van der Waals surface area (Å²) in [5, 5.41) is 2.73. The van der Waals surface area contributed by atoms with E-state index in [0.29, 0.717) is 4.47 Å². The van der Waals surface area contributed by atoms with Gasteiger partial charge in [-0.2, -0.15) is 0 Å². The van der Waals surface area contributed by atoms with Crippen molar-refractivity contribution in [3.63, 3.8) is 0 Å². The number of amides is 1. The first-order valence-corrected chi connectivity index (χ1v) is 6.46. The molecule has 0 atom stereocenters. The van der Waals surface area contributed by atoms with Crippen LogP contribution in [-0.2, 0) is 0 Å². The standard InChI is InChI=1S/C13H9BrClFN2O/c14-7-4-5-11(10(16)6-7)18-13(19)8-2-1-3-9(15)12(8)17/h1-6H,17H2,(H,18,19). The van der Waals surface area contributed by atoms with Gasteiger partial charge in [-0.25, -0.2) is 4.39 Å². The van der Waals surface area contributed by atoms with E-state index in [2.05, 4.69) is 21.2 Å². The summed E-state index contributed by atoms with van der Waals surface area (Å²) in [7, 11) is 0. The number of halogens is 3. The van der Waals surface area contributed by atoms with Crippen LogP contribution in [-0.4, -0.2) is 5.91 Å². The number of carbonyl (C=O) groups excluding carboxylic acids is 1. The molecule has 0 unspecified atom stereocenters. The fourth-order valence-electron chi connectivity index (χ4n) is 1.52. The summed E-state index contributed by atoms with van der Waals surface area (Å²) in [5.41, 5.74) is 6.15. The van der Waals surface area contributed by atoms with Gasteiger partial charge in [0.25, 0.3) is 5.91 Å². The second kappa shape index (κ2) is 5.59. The average Bonchev–Trinajstić information content (AvgIpc) is 2.36. The van der Waals surface area contributed by atoms with Gasteiger partial charge in [0.05, 0.1) is 22.0 Å². The number of carbonyl (C=O) groups is 1. The molecule has 0 spiro atoms. The number of benzene rings is 2. The predicted octanol–water partition coefficient (Wildman–Crippen LogP) is 4.08. The predicted molar refractivity (Wildman–Crippen MR) is 77.9 cm³/mol. The normalized spacial score (nSPS) is 10.3. The summed E-state index contributed by atoms with van der Waals surface area (Å²) >= 11 is 8.97. The van der Waals surface area contributed by atoms with Crippen molar-refractivity contribution >= 4 is 44.8 Å². The molecule has 2 aromatic rings. The molecule has 0 aliphatic heterocycles. The Hall–Kier alpha value is -1.59. The monoisotopic (exact) mass is 342 g/mol. The Bertz CT molecular complexity index is 649. The second-order valence-corrected chi connectivity index (χ2v) is 5.10. The van der Waals surface area contributed by atoms with Crippen LogP contribution in [0.25, 0.3) is 0 Å². The Balaban J connectivity index is 2.28. The first-order chi connectivity index (χ1) is 8.99. The summed E-state index contributed by atoms with van der Waals surface area (Å²) in [6.07, 6.45) is 0. The molecule has 2 rings (SSSR count). The molecule has 0 saturated heterocycles. The number of nitrogens with one attached hydrogen (secondary N) is 1. The van der Waals surface area contributed by atoms with Crippen molar-refractivity contribution in [2.45, 2.75) is 0 Å². The van der Waals surface area contributed by atoms with E-state index in [-0.39, 0.29) is 22.0 Å². The van der Waals surface area contributed by atoms with E-state index in [0.717, 1.165) is 0 Å². The van der Waals surface area contributed by atoms with E-state index in [1.807, 2.05) is 0 Å². The quantitative estimate of drug-likeness (QED) is 0.807. The van der Waals surface area contributed by atoms with E-state index in [1.165, 1.54) is 18.2 Å². The highest BCUT2D eigenvalue weighted by molar-refractivity contribution is 9.10. The Labute approximate surface area is 122 Å². The third-order valence-electron chi connectivity index (χ3n) is 2.48. The maximum atomic E-state index is 13.6.